The summed E-state index contributed by atoms with van der Waals surface area (Å²) in [5.41, 5.74) is 0. The van der Waals surface area contributed by atoms with Gasteiger partial charge in [-0.1, -0.05) is 46.0 Å². The summed E-state index contributed by atoms with van der Waals surface area (Å²) in [7, 11) is 0. The molecule has 0 bridgehead atoms. The van der Waals surface area contributed by atoms with E-state index < -0.39 is 0 Å². The van der Waals surface area contributed by atoms with Crippen LogP contribution in [0.25, 0.3) is 0 Å². The average Bonchev–Trinajstić information content (AvgIpc) is 1.90. The molecule has 10 heavy (non-hydrogen) atoms. The highest BCUT2D eigenvalue weighted by Crippen LogP contribution is 2.29. The smallest absolute Gasteiger partial charge is 0.0391 e. The molecule has 2 N–H and O–H groups in total. The van der Waals surface area contributed by atoms with E-state index >= 15 is 0 Å². The van der Waals surface area contributed by atoms with Gasteiger partial charge in [0.1, 0.15) is 0 Å². The summed E-state index contributed by atoms with van der Waals surface area (Å²) in [5.74, 6) is 1.99. The Morgan fingerprint density at radius 1 is 1.00 bits per heavy atom. The fourth-order valence-electron chi connectivity index (χ4n) is 1.80. The van der Waals surface area contributed by atoms with Gasteiger partial charge in [0.2, 0.25) is 0 Å². The van der Waals surface area contributed by atoms with Crippen LogP contribution in [0.1, 0.15) is 46.0 Å². The van der Waals surface area contributed by atoms with Crippen LogP contribution in [0.4, 0.5) is 0 Å². The highest BCUT2D eigenvalue weighted by molar-refractivity contribution is 4.67. The van der Waals surface area contributed by atoms with Crippen molar-refractivity contribution < 1.29 is 5.48 Å². The van der Waals surface area contributed by atoms with E-state index in [0.717, 1.165) is 11.8 Å². The van der Waals surface area contributed by atoms with Crippen molar-refractivity contribution in [2.75, 3.05) is 0 Å². The molecule has 0 aromatic carbocycles. The summed E-state index contributed by atoms with van der Waals surface area (Å²) in [6.07, 6.45) is 7.46. The van der Waals surface area contributed by atoms with Crippen LogP contribution in [0.3, 0.4) is 0 Å². The van der Waals surface area contributed by atoms with Crippen molar-refractivity contribution in [3.05, 3.63) is 0 Å². The predicted octanol–water partition coefficient (Wildman–Crippen LogP) is 2.40. The van der Waals surface area contributed by atoms with Crippen molar-refractivity contribution in [3.63, 3.8) is 0 Å². The molecule has 1 saturated carbocycles. The summed E-state index contributed by atoms with van der Waals surface area (Å²) in [4.78, 5) is 0. The van der Waals surface area contributed by atoms with E-state index in [-0.39, 0.29) is 5.48 Å². The largest absolute Gasteiger partial charge is 0.412 e. The molecule has 0 heterocycles. The Morgan fingerprint density at radius 2 is 1.50 bits per heavy atom. The average molecular weight is 144 g/mol. The summed E-state index contributed by atoms with van der Waals surface area (Å²) in [5, 5.41) is 0. The fraction of sp³-hybridized carbons (Fsp3) is 1.00. The van der Waals surface area contributed by atoms with E-state index in [1.807, 2.05) is 0 Å². The normalized spacial score (nSPS) is 20.7. The van der Waals surface area contributed by atoms with Gasteiger partial charge in [0.15, 0.2) is 0 Å². The Kier molecular flexibility index (Phi) is 4.71. The van der Waals surface area contributed by atoms with E-state index in [0.29, 0.717) is 0 Å². The zero-order valence-electron chi connectivity index (χ0n) is 7.19. The lowest BCUT2D eigenvalue weighted by Gasteiger charge is -2.24. The molecule has 0 unspecified atom stereocenters. The molecule has 0 amide bonds. The van der Waals surface area contributed by atoms with Crippen molar-refractivity contribution in [1.29, 1.82) is 0 Å². The van der Waals surface area contributed by atoms with Crippen LogP contribution < -0.4 is 0 Å². The fourth-order valence-corrected chi connectivity index (χ4v) is 1.80. The molecular formula is C9H20O. The summed E-state index contributed by atoms with van der Waals surface area (Å²) in [6.45, 7) is 4.71. The molecule has 1 rings (SSSR count). The van der Waals surface area contributed by atoms with Gasteiger partial charge in [0, 0.05) is 0 Å². The van der Waals surface area contributed by atoms with Gasteiger partial charge in [-0.3, -0.25) is 0 Å². The lowest BCUT2D eigenvalue weighted by atomic mass is 9.82. The first-order valence-electron chi connectivity index (χ1n) is 4.30. The molecule has 0 aliphatic heterocycles. The summed E-state index contributed by atoms with van der Waals surface area (Å²) in [6, 6.07) is 0. The van der Waals surface area contributed by atoms with E-state index in [4.69, 9.17) is 0 Å². The molecule has 1 aliphatic carbocycles. The molecule has 0 saturated heterocycles. The molecular weight excluding hydrogens is 124 g/mol. The number of hydrogen-bond donors (Lipinski definition) is 0. The first-order chi connectivity index (χ1) is 4.30. The van der Waals surface area contributed by atoms with Crippen molar-refractivity contribution in [2.45, 2.75) is 46.0 Å². The SMILES string of the molecule is CC(C)C1CCCCC1.O. The zero-order chi connectivity index (χ0) is 6.69. The summed E-state index contributed by atoms with van der Waals surface area (Å²) < 4.78 is 0. The van der Waals surface area contributed by atoms with Gasteiger partial charge in [-0.15, -0.1) is 0 Å². The lowest BCUT2D eigenvalue weighted by molar-refractivity contribution is 0.279. The highest BCUT2D eigenvalue weighted by Gasteiger charge is 2.15. The first-order valence-corrected chi connectivity index (χ1v) is 4.30. The molecule has 1 heteroatoms. The van der Waals surface area contributed by atoms with Crippen molar-refractivity contribution in [2.24, 2.45) is 11.8 Å². The van der Waals surface area contributed by atoms with Gasteiger partial charge < -0.3 is 5.48 Å². The maximum atomic E-state index is 2.36. The second kappa shape index (κ2) is 4.73. The topological polar surface area (TPSA) is 31.5 Å². The van der Waals surface area contributed by atoms with Crippen LogP contribution in [-0.2, 0) is 0 Å². The molecule has 0 aromatic rings. The minimum Gasteiger partial charge on any atom is -0.412 e. The van der Waals surface area contributed by atoms with Crippen LogP contribution in [0.5, 0.6) is 0 Å². The Bertz CT molecular complexity index is 72.8. The van der Waals surface area contributed by atoms with Gasteiger partial charge in [0.25, 0.3) is 0 Å². The quantitative estimate of drug-likeness (QED) is 0.541. The van der Waals surface area contributed by atoms with Gasteiger partial charge in [-0.05, 0) is 11.8 Å². The summed E-state index contributed by atoms with van der Waals surface area (Å²) >= 11 is 0. The molecule has 0 radical (unpaired) electrons. The van der Waals surface area contributed by atoms with Crippen LogP contribution in [0.15, 0.2) is 0 Å². The molecule has 0 atom stereocenters. The predicted molar refractivity (Wildman–Crippen MR) is 45.0 cm³/mol. The Labute approximate surface area is 64.1 Å². The van der Waals surface area contributed by atoms with E-state index in [1.165, 1.54) is 32.1 Å². The Balaban J connectivity index is 0.000000810. The molecule has 1 fully saturated rings. The maximum Gasteiger partial charge on any atom is -0.0391 e. The van der Waals surface area contributed by atoms with Crippen LogP contribution in [-0.4, -0.2) is 5.48 Å². The van der Waals surface area contributed by atoms with Crippen LogP contribution in [0, 0.1) is 11.8 Å². The third-order valence-electron chi connectivity index (χ3n) is 2.59. The van der Waals surface area contributed by atoms with Crippen LogP contribution in [0.2, 0.25) is 0 Å². The minimum atomic E-state index is 0. The molecule has 1 aliphatic rings. The standard InChI is InChI=1S/C9H18.H2O/c1-8(2)9-6-4-3-5-7-9;/h8-9H,3-7H2,1-2H3;1H2. The van der Waals surface area contributed by atoms with Gasteiger partial charge in [0.05, 0.1) is 0 Å². The van der Waals surface area contributed by atoms with Gasteiger partial charge >= 0.3 is 0 Å². The zero-order valence-corrected chi connectivity index (χ0v) is 7.19. The first kappa shape index (κ1) is 9.96. The molecule has 62 valence electrons. The van der Waals surface area contributed by atoms with Crippen molar-refractivity contribution >= 4 is 0 Å². The van der Waals surface area contributed by atoms with E-state index in [9.17, 15) is 0 Å². The Hall–Kier alpha value is -0.0400. The Morgan fingerprint density at radius 3 is 1.80 bits per heavy atom. The van der Waals surface area contributed by atoms with Gasteiger partial charge in [-0.2, -0.15) is 0 Å². The molecule has 0 spiro atoms. The van der Waals surface area contributed by atoms with E-state index in [1.54, 1.807) is 0 Å². The highest BCUT2D eigenvalue weighted by atomic mass is 16.0. The minimum absolute atomic E-state index is 0. The third kappa shape index (κ3) is 2.70. The number of hydrogen-bond acceptors (Lipinski definition) is 0. The second-order valence-electron chi connectivity index (χ2n) is 3.64. The van der Waals surface area contributed by atoms with E-state index in [2.05, 4.69) is 13.8 Å². The molecule has 0 aromatic heterocycles. The number of rotatable bonds is 1. The monoisotopic (exact) mass is 144 g/mol. The third-order valence-corrected chi connectivity index (χ3v) is 2.59. The van der Waals surface area contributed by atoms with Crippen LogP contribution >= 0.6 is 0 Å². The van der Waals surface area contributed by atoms with Gasteiger partial charge in [-0.25, -0.2) is 0 Å². The van der Waals surface area contributed by atoms with Crippen molar-refractivity contribution in [3.8, 4) is 0 Å². The lowest BCUT2D eigenvalue weighted by Crippen LogP contribution is -2.12. The molecule has 1 nitrogen and oxygen atoms in total. The maximum absolute atomic E-state index is 2.36. The second-order valence-corrected chi connectivity index (χ2v) is 3.64. The van der Waals surface area contributed by atoms with Crippen molar-refractivity contribution in [1.82, 2.24) is 0 Å².